The van der Waals surface area contributed by atoms with Crippen molar-refractivity contribution in [2.75, 3.05) is 18.8 Å². The molecule has 0 saturated carbocycles. The minimum Gasteiger partial charge on any atom is -0.398 e. The van der Waals surface area contributed by atoms with Crippen LogP contribution >= 0.6 is 15.9 Å². The third-order valence-corrected chi connectivity index (χ3v) is 6.00. The van der Waals surface area contributed by atoms with Gasteiger partial charge >= 0.3 is 6.18 Å². The molecule has 0 aliphatic carbocycles. The largest absolute Gasteiger partial charge is 0.398 e. The molecule has 118 valence electrons. The molecule has 1 heterocycles. The monoisotopic (exact) mass is 386 g/mol. The molecule has 0 amide bonds. The predicted octanol–water partition coefficient (Wildman–Crippen LogP) is 2.99. The lowest BCUT2D eigenvalue weighted by molar-refractivity contribution is -0.182. The molecule has 2 N–H and O–H groups in total. The number of alkyl halides is 3. The Kier molecular flexibility index (Phi) is 4.55. The summed E-state index contributed by atoms with van der Waals surface area (Å²) in [6, 6.07) is 4.01. The highest BCUT2D eigenvalue weighted by Crippen LogP contribution is 2.35. The van der Waals surface area contributed by atoms with Crippen molar-refractivity contribution in [3.05, 3.63) is 22.7 Å². The molecule has 9 heteroatoms. The van der Waals surface area contributed by atoms with Crippen LogP contribution < -0.4 is 5.73 Å². The zero-order valence-corrected chi connectivity index (χ0v) is 13.3. The summed E-state index contributed by atoms with van der Waals surface area (Å²) in [5, 5.41) is 0. The zero-order valence-electron chi connectivity index (χ0n) is 10.9. The van der Waals surface area contributed by atoms with E-state index in [0.717, 1.165) is 4.31 Å². The summed E-state index contributed by atoms with van der Waals surface area (Å²) in [6.45, 7) is -0.440. The minimum absolute atomic E-state index is 0.0407. The molecule has 1 fully saturated rings. The predicted molar refractivity (Wildman–Crippen MR) is 76.1 cm³/mol. The highest BCUT2D eigenvalue weighted by Gasteiger charge is 2.44. The highest BCUT2D eigenvalue weighted by molar-refractivity contribution is 9.10. The lowest BCUT2D eigenvalue weighted by atomic mass is 9.99. The maximum Gasteiger partial charge on any atom is 0.393 e. The summed E-state index contributed by atoms with van der Waals surface area (Å²) in [5.41, 5.74) is 5.95. The number of benzene rings is 1. The van der Waals surface area contributed by atoms with Gasteiger partial charge in [0, 0.05) is 23.2 Å². The third-order valence-electron chi connectivity index (χ3n) is 3.46. The number of piperidine rings is 1. The Morgan fingerprint density at radius 1 is 1.33 bits per heavy atom. The van der Waals surface area contributed by atoms with E-state index in [1.165, 1.54) is 18.2 Å². The van der Waals surface area contributed by atoms with Crippen LogP contribution in [0.3, 0.4) is 0 Å². The van der Waals surface area contributed by atoms with Crippen LogP contribution in [0.2, 0.25) is 0 Å². The molecule has 1 aliphatic rings. The van der Waals surface area contributed by atoms with Gasteiger partial charge in [-0.3, -0.25) is 0 Å². The van der Waals surface area contributed by atoms with Crippen molar-refractivity contribution in [1.82, 2.24) is 4.31 Å². The Morgan fingerprint density at radius 3 is 2.57 bits per heavy atom. The summed E-state index contributed by atoms with van der Waals surface area (Å²) in [6.07, 6.45) is -4.23. The smallest absolute Gasteiger partial charge is 0.393 e. The second kappa shape index (κ2) is 5.77. The molecule has 0 aromatic heterocycles. The molecule has 21 heavy (non-hydrogen) atoms. The van der Waals surface area contributed by atoms with Crippen molar-refractivity contribution in [2.24, 2.45) is 5.92 Å². The Labute approximate surface area is 129 Å². The average molecular weight is 387 g/mol. The zero-order chi connectivity index (χ0) is 15.8. The summed E-state index contributed by atoms with van der Waals surface area (Å²) >= 11 is 3.12. The number of nitrogens with zero attached hydrogens (tertiary/aromatic N) is 1. The number of nitrogens with two attached hydrogens (primary N) is 1. The van der Waals surface area contributed by atoms with Crippen LogP contribution in [0.25, 0.3) is 0 Å². The Morgan fingerprint density at radius 2 is 2.00 bits per heavy atom. The molecule has 0 radical (unpaired) electrons. The first-order chi connectivity index (χ1) is 9.62. The molecule has 0 bridgehead atoms. The molecule has 1 aromatic rings. The minimum atomic E-state index is -4.38. The number of hydrogen-bond acceptors (Lipinski definition) is 3. The molecule has 4 nitrogen and oxygen atoms in total. The molecule has 1 aromatic carbocycles. The fourth-order valence-corrected chi connectivity index (χ4v) is 4.33. The highest BCUT2D eigenvalue weighted by atomic mass is 79.9. The maximum atomic E-state index is 12.8. The maximum absolute atomic E-state index is 12.8. The van der Waals surface area contributed by atoms with Gasteiger partial charge in [0.1, 0.15) is 0 Å². The van der Waals surface area contributed by atoms with E-state index in [-0.39, 0.29) is 24.3 Å². The van der Waals surface area contributed by atoms with Gasteiger partial charge in [-0.15, -0.1) is 0 Å². The summed E-state index contributed by atoms with van der Waals surface area (Å²) < 4.78 is 64.5. The van der Waals surface area contributed by atoms with Gasteiger partial charge < -0.3 is 5.73 Å². The summed E-state index contributed by atoms with van der Waals surface area (Å²) in [7, 11) is -3.95. The van der Waals surface area contributed by atoms with Crippen LogP contribution in [0.1, 0.15) is 12.8 Å². The molecular weight excluding hydrogens is 373 g/mol. The molecule has 1 aliphatic heterocycles. The average Bonchev–Trinajstić information content (AvgIpc) is 2.41. The second-order valence-electron chi connectivity index (χ2n) is 4.93. The van der Waals surface area contributed by atoms with Crippen molar-refractivity contribution >= 4 is 31.6 Å². The van der Waals surface area contributed by atoms with Gasteiger partial charge in [0.25, 0.3) is 0 Å². The van der Waals surface area contributed by atoms with Crippen LogP contribution in [-0.4, -0.2) is 32.0 Å². The first-order valence-corrected chi connectivity index (χ1v) is 8.47. The van der Waals surface area contributed by atoms with Gasteiger partial charge in [0.2, 0.25) is 10.0 Å². The van der Waals surface area contributed by atoms with Crippen LogP contribution in [0, 0.1) is 5.92 Å². The topological polar surface area (TPSA) is 63.4 Å². The van der Waals surface area contributed by atoms with E-state index in [9.17, 15) is 21.6 Å². The fourth-order valence-electron chi connectivity index (χ4n) is 2.25. The number of sulfonamides is 1. The molecule has 1 unspecified atom stereocenters. The van der Waals surface area contributed by atoms with Crippen molar-refractivity contribution in [3.63, 3.8) is 0 Å². The normalized spacial score (nSPS) is 21.4. The SMILES string of the molecule is Nc1ccc(S(=O)(=O)N2CCCC(C(F)(F)F)C2)cc1Br. The first-order valence-electron chi connectivity index (χ1n) is 6.24. The molecule has 1 saturated heterocycles. The van der Waals surface area contributed by atoms with E-state index < -0.39 is 28.7 Å². The molecule has 1 atom stereocenters. The van der Waals surface area contributed by atoms with E-state index in [2.05, 4.69) is 15.9 Å². The van der Waals surface area contributed by atoms with Crippen LogP contribution in [0.5, 0.6) is 0 Å². The van der Waals surface area contributed by atoms with Gasteiger partial charge in [-0.2, -0.15) is 17.5 Å². The van der Waals surface area contributed by atoms with Crippen LogP contribution in [-0.2, 0) is 10.0 Å². The van der Waals surface area contributed by atoms with E-state index in [1.54, 1.807) is 0 Å². The Balaban J connectivity index is 2.28. The van der Waals surface area contributed by atoms with E-state index in [0.29, 0.717) is 10.2 Å². The van der Waals surface area contributed by atoms with Gasteiger partial charge in [-0.05, 0) is 47.0 Å². The van der Waals surface area contributed by atoms with Gasteiger partial charge in [0.15, 0.2) is 0 Å². The van der Waals surface area contributed by atoms with Crippen LogP contribution in [0.4, 0.5) is 18.9 Å². The number of halogens is 4. The lowest BCUT2D eigenvalue weighted by Crippen LogP contribution is -2.44. The molecular formula is C12H14BrF3N2O2S. The number of rotatable bonds is 2. The Bertz CT molecular complexity index is 634. The van der Waals surface area contributed by atoms with E-state index in [1.807, 2.05) is 0 Å². The first kappa shape index (κ1) is 16.6. The van der Waals surface area contributed by atoms with Gasteiger partial charge in [0.05, 0.1) is 10.8 Å². The Hall–Kier alpha value is -0.800. The van der Waals surface area contributed by atoms with Gasteiger partial charge in [-0.1, -0.05) is 0 Å². The number of hydrogen-bond donors (Lipinski definition) is 1. The standard InChI is InChI=1S/C12H14BrF3N2O2S/c13-10-6-9(3-4-11(10)17)21(19,20)18-5-1-2-8(7-18)12(14,15)16/h3-4,6,8H,1-2,5,7,17H2. The second-order valence-corrected chi connectivity index (χ2v) is 7.72. The van der Waals surface area contributed by atoms with Gasteiger partial charge in [-0.25, -0.2) is 8.42 Å². The van der Waals surface area contributed by atoms with Crippen molar-refractivity contribution in [1.29, 1.82) is 0 Å². The molecule has 2 rings (SSSR count). The lowest BCUT2D eigenvalue weighted by Gasteiger charge is -2.32. The van der Waals surface area contributed by atoms with E-state index in [4.69, 9.17) is 5.73 Å². The van der Waals surface area contributed by atoms with E-state index >= 15 is 0 Å². The fraction of sp³-hybridized carbons (Fsp3) is 0.500. The molecule has 0 spiro atoms. The summed E-state index contributed by atoms with van der Waals surface area (Å²) in [4.78, 5) is -0.0635. The number of anilines is 1. The van der Waals surface area contributed by atoms with Crippen molar-refractivity contribution in [3.8, 4) is 0 Å². The quantitative estimate of drug-likeness (QED) is 0.794. The number of nitrogen functional groups attached to an aromatic ring is 1. The van der Waals surface area contributed by atoms with Crippen molar-refractivity contribution in [2.45, 2.75) is 23.9 Å². The van der Waals surface area contributed by atoms with Crippen LogP contribution in [0.15, 0.2) is 27.6 Å². The van der Waals surface area contributed by atoms with Crippen molar-refractivity contribution < 1.29 is 21.6 Å². The third kappa shape index (κ3) is 3.51. The summed E-state index contributed by atoms with van der Waals surface area (Å²) in [5.74, 6) is -1.61.